The summed E-state index contributed by atoms with van der Waals surface area (Å²) in [5, 5.41) is 4.27. The lowest BCUT2D eigenvalue weighted by Crippen LogP contribution is -2.04. The zero-order chi connectivity index (χ0) is 64.1. The van der Waals surface area contributed by atoms with Gasteiger partial charge in [0.05, 0.1) is 40.9 Å². The van der Waals surface area contributed by atoms with E-state index in [4.69, 9.17) is 43.0 Å². The van der Waals surface area contributed by atoms with Crippen molar-refractivity contribution in [3.63, 3.8) is 0 Å². The third kappa shape index (κ3) is 10.2. The minimum atomic E-state index is 0.512. The molecule has 0 radical (unpaired) electrons. The van der Waals surface area contributed by atoms with Crippen LogP contribution in [0.4, 0.5) is 11.4 Å². The molecule has 10 nitrogen and oxygen atoms in total. The number of aromatic nitrogens is 8. The van der Waals surface area contributed by atoms with Gasteiger partial charge in [0, 0.05) is 60.6 Å². The second-order valence-electron chi connectivity index (χ2n) is 23.6. The molecule has 0 saturated carbocycles. The first-order chi connectivity index (χ1) is 47.5. The first-order valence-electron chi connectivity index (χ1n) is 31.6. The molecule has 0 saturated heterocycles. The summed E-state index contributed by atoms with van der Waals surface area (Å²) in [5.74, 6) is 3.27. The van der Waals surface area contributed by atoms with Crippen LogP contribution in [-0.4, -0.2) is 39.0 Å². The van der Waals surface area contributed by atoms with Crippen molar-refractivity contribution in [2.45, 2.75) is 0 Å². The van der Waals surface area contributed by atoms with Crippen molar-refractivity contribution in [2.24, 2.45) is 0 Å². The summed E-state index contributed by atoms with van der Waals surface area (Å²) >= 11 is 0. The molecular formula is C86H52N10. The van der Waals surface area contributed by atoms with Gasteiger partial charge < -0.3 is 9.13 Å². The van der Waals surface area contributed by atoms with Crippen molar-refractivity contribution >= 4 is 55.0 Å². The van der Waals surface area contributed by atoms with Gasteiger partial charge in [-0.2, -0.15) is 0 Å². The topological polar surface area (TPSA) is 95.9 Å². The standard InChI is InChI=1S/C86H52N10/c1-87-74-38-19-15-34-67(74)62-43-46-78-71(53-62)69-36-17-21-40-76(69)95(78)66-50-64(49-65(51-66)85-91-81(55-24-7-3-8-25-55)89-82(92-85)56-26-9-4-10-27-56)60-33-23-32-59(48-60)61-42-45-80(73(52-61)86-93-83(57-28-11-5-12-29-57)90-84(94-86)58-30-13-6-14-31-58)96-77-41-22-18-37-70(77)72-54-63(44-47-79(72)96)68-35-16-20-39-75(68)88-2/h3-54H. The van der Waals surface area contributed by atoms with Crippen molar-refractivity contribution in [3.8, 4) is 124 Å². The van der Waals surface area contributed by atoms with E-state index in [1.165, 1.54) is 0 Å². The van der Waals surface area contributed by atoms with E-state index in [0.717, 1.165) is 133 Å². The molecule has 0 atom stereocenters. The SMILES string of the molecule is [C-]#[N+]c1ccccc1-c1ccc2c(c1)c1ccccc1n2-c1cc(-c2cccc(-c3ccc(-n4c5ccccc5c5cc(-c6ccccc6[N+]#[C-])ccc54)c(-c4nc(-c5ccccc5)nc(-c5ccccc5)n4)c3)c2)cc(-c2nc(-c3ccccc3)nc(-c3ccccc3)n2)c1. The number of rotatable bonds is 12. The van der Waals surface area contributed by atoms with E-state index in [0.29, 0.717) is 46.3 Å². The highest BCUT2D eigenvalue weighted by molar-refractivity contribution is 6.12. The van der Waals surface area contributed by atoms with E-state index >= 15 is 0 Å². The zero-order valence-electron chi connectivity index (χ0n) is 51.5. The number of hydrogen-bond acceptors (Lipinski definition) is 6. The van der Waals surface area contributed by atoms with Crippen LogP contribution >= 0.6 is 0 Å². The highest BCUT2D eigenvalue weighted by Crippen LogP contribution is 2.44. The van der Waals surface area contributed by atoms with Crippen LogP contribution in [0.3, 0.4) is 0 Å². The second kappa shape index (κ2) is 23.9. The quantitative estimate of drug-likeness (QED) is 0.113. The smallest absolute Gasteiger partial charge is 0.194 e. The molecule has 0 N–H and O–H groups in total. The maximum atomic E-state index is 8.04. The summed E-state index contributed by atoms with van der Waals surface area (Å²) in [5.41, 5.74) is 19.7. The van der Waals surface area contributed by atoms with Gasteiger partial charge in [-0.15, -0.1) is 0 Å². The fraction of sp³-hybridized carbons (Fsp3) is 0. The molecule has 0 unspecified atom stereocenters. The van der Waals surface area contributed by atoms with Gasteiger partial charge in [0.25, 0.3) is 0 Å². The van der Waals surface area contributed by atoms with Crippen LogP contribution in [0.25, 0.3) is 178 Å². The summed E-state index contributed by atoms with van der Waals surface area (Å²) < 4.78 is 4.65. The third-order valence-corrected chi connectivity index (χ3v) is 17.9. The van der Waals surface area contributed by atoms with Gasteiger partial charge in [-0.3, -0.25) is 0 Å². The fourth-order valence-electron chi connectivity index (χ4n) is 13.3. The van der Waals surface area contributed by atoms with Gasteiger partial charge in [-0.1, -0.05) is 243 Å². The molecular weight excluding hydrogens is 1170 g/mol. The van der Waals surface area contributed by atoms with Crippen LogP contribution in [0.15, 0.2) is 315 Å². The van der Waals surface area contributed by atoms with Crippen LogP contribution in [0, 0.1) is 13.1 Å². The molecule has 0 aliphatic rings. The normalized spacial score (nSPS) is 11.3. The van der Waals surface area contributed by atoms with E-state index in [2.05, 4.69) is 164 Å². The van der Waals surface area contributed by atoms with Crippen molar-refractivity contribution < 1.29 is 0 Å². The Bertz CT molecular complexity index is 5870. The molecule has 10 heteroatoms. The molecule has 446 valence electrons. The van der Waals surface area contributed by atoms with E-state index in [1.807, 2.05) is 170 Å². The molecule has 4 heterocycles. The van der Waals surface area contributed by atoms with Crippen molar-refractivity contribution in [1.29, 1.82) is 0 Å². The number of nitrogens with zero attached hydrogens (tertiary/aromatic N) is 10. The lowest BCUT2D eigenvalue weighted by atomic mass is 9.95. The summed E-state index contributed by atoms with van der Waals surface area (Å²) in [7, 11) is 0. The molecule has 4 aromatic heterocycles. The molecule has 96 heavy (non-hydrogen) atoms. The van der Waals surface area contributed by atoms with Crippen LogP contribution < -0.4 is 0 Å². The van der Waals surface area contributed by atoms with E-state index in [9.17, 15) is 0 Å². The summed E-state index contributed by atoms with van der Waals surface area (Å²) in [6, 6.07) is 108. The number of fused-ring (bicyclic) bond motifs is 6. The Balaban J connectivity index is 0.884. The summed E-state index contributed by atoms with van der Waals surface area (Å²) in [4.78, 5) is 39.5. The molecule has 0 amide bonds. The molecule has 17 rings (SSSR count). The Morgan fingerprint density at radius 2 is 0.573 bits per heavy atom. The molecule has 13 aromatic carbocycles. The lowest BCUT2D eigenvalue weighted by Gasteiger charge is -2.17. The highest BCUT2D eigenvalue weighted by Gasteiger charge is 2.24. The van der Waals surface area contributed by atoms with Crippen LogP contribution in [0.1, 0.15) is 0 Å². The molecule has 0 bridgehead atoms. The number of hydrogen-bond donors (Lipinski definition) is 0. The summed E-state index contributed by atoms with van der Waals surface area (Å²) in [6.45, 7) is 16.1. The predicted octanol–water partition coefficient (Wildman–Crippen LogP) is 22.0. The van der Waals surface area contributed by atoms with Crippen LogP contribution in [0.2, 0.25) is 0 Å². The Labute approximate surface area is 553 Å². The third-order valence-electron chi connectivity index (χ3n) is 17.9. The Morgan fingerprint density at radius 1 is 0.219 bits per heavy atom. The van der Waals surface area contributed by atoms with E-state index < -0.39 is 0 Å². The molecule has 0 fully saturated rings. The molecule has 17 aromatic rings. The van der Waals surface area contributed by atoms with Gasteiger partial charge in [0.15, 0.2) is 46.3 Å². The Hall–Kier alpha value is -13.5. The number of para-hydroxylation sites is 4. The van der Waals surface area contributed by atoms with Crippen molar-refractivity contribution in [2.75, 3.05) is 0 Å². The van der Waals surface area contributed by atoms with Gasteiger partial charge in [-0.25, -0.2) is 39.6 Å². The van der Waals surface area contributed by atoms with Crippen LogP contribution in [-0.2, 0) is 0 Å². The van der Waals surface area contributed by atoms with Gasteiger partial charge in [-0.05, 0) is 117 Å². The molecule has 0 spiro atoms. The maximum absolute atomic E-state index is 8.04. The molecule has 0 aliphatic carbocycles. The van der Waals surface area contributed by atoms with Gasteiger partial charge >= 0.3 is 0 Å². The number of benzene rings is 13. The van der Waals surface area contributed by atoms with Crippen molar-refractivity contribution in [1.82, 2.24) is 39.0 Å². The maximum Gasteiger partial charge on any atom is 0.194 e. The Kier molecular flexibility index (Phi) is 14.1. The monoisotopic (exact) mass is 1220 g/mol. The van der Waals surface area contributed by atoms with Crippen molar-refractivity contribution in [3.05, 3.63) is 338 Å². The minimum absolute atomic E-state index is 0.512. The van der Waals surface area contributed by atoms with E-state index in [-0.39, 0.29) is 0 Å². The van der Waals surface area contributed by atoms with Crippen LogP contribution in [0.5, 0.6) is 0 Å². The van der Waals surface area contributed by atoms with Gasteiger partial charge in [0.2, 0.25) is 0 Å². The predicted molar refractivity (Wildman–Crippen MR) is 389 cm³/mol. The van der Waals surface area contributed by atoms with E-state index in [1.54, 1.807) is 0 Å². The average Bonchev–Trinajstić information content (AvgIpc) is 1.59. The zero-order valence-corrected chi connectivity index (χ0v) is 51.5. The minimum Gasteiger partial charge on any atom is -0.309 e. The summed E-state index contributed by atoms with van der Waals surface area (Å²) in [6.07, 6.45) is 0. The Morgan fingerprint density at radius 3 is 1.07 bits per heavy atom. The fourth-order valence-corrected chi connectivity index (χ4v) is 13.3. The first-order valence-corrected chi connectivity index (χ1v) is 31.6. The first kappa shape index (κ1) is 56.4. The molecule has 0 aliphatic heterocycles. The van der Waals surface area contributed by atoms with Gasteiger partial charge in [0.1, 0.15) is 0 Å². The largest absolute Gasteiger partial charge is 0.309 e. The second-order valence-corrected chi connectivity index (χ2v) is 23.6. The average molecular weight is 1230 g/mol. The lowest BCUT2D eigenvalue weighted by molar-refractivity contribution is 1.06. The highest BCUT2D eigenvalue weighted by atomic mass is 15.1.